The number of nitrogens with one attached hydrogen (secondary N) is 1. The van der Waals surface area contributed by atoms with E-state index in [0.29, 0.717) is 12.0 Å². The van der Waals surface area contributed by atoms with Crippen molar-refractivity contribution in [3.8, 4) is 0 Å². The van der Waals surface area contributed by atoms with Gasteiger partial charge >= 0.3 is 11.9 Å². The monoisotopic (exact) mass is 332 g/mol. The minimum Gasteiger partial charge on any atom is -0.465 e. The lowest BCUT2D eigenvalue weighted by molar-refractivity contribution is -0.125. The van der Waals surface area contributed by atoms with Crippen LogP contribution >= 0.6 is 11.3 Å². The normalized spacial score (nSPS) is 16.2. The quantitative estimate of drug-likeness (QED) is 0.859. The SMILES string of the molecule is COC(=O)c1cnc(NC(=O)C2Cc3ccccc3C(=O)O2)s1. The third-order valence-corrected chi connectivity index (χ3v) is 4.20. The lowest BCUT2D eigenvalue weighted by atomic mass is 9.98. The van der Waals surface area contributed by atoms with E-state index in [1.165, 1.54) is 13.3 Å². The van der Waals surface area contributed by atoms with Crippen LogP contribution < -0.4 is 5.32 Å². The Bertz CT molecular complexity index is 786. The number of benzene rings is 1. The molecule has 1 amide bonds. The highest BCUT2D eigenvalue weighted by atomic mass is 32.1. The van der Waals surface area contributed by atoms with Gasteiger partial charge in [0.25, 0.3) is 5.91 Å². The summed E-state index contributed by atoms with van der Waals surface area (Å²) in [7, 11) is 1.26. The molecule has 0 spiro atoms. The molecule has 2 aromatic rings. The van der Waals surface area contributed by atoms with Gasteiger partial charge in [-0.05, 0) is 11.6 Å². The highest BCUT2D eigenvalue weighted by molar-refractivity contribution is 7.17. The van der Waals surface area contributed by atoms with Gasteiger partial charge in [-0.1, -0.05) is 29.5 Å². The van der Waals surface area contributed by atoms with Crippen molar-refractivity contribution in [2.45, 2.75) is 12.5 Å². The second kappa shape index (κ2) is 6.17. The largest absolute Gasteiger partial charge is 0.465 e. The number of rotatable bonds is 3. The lowest BCUT2D eigenvalue weighted by Gasteiger charge is -2.23. The Labute approximate surface area is 135 Å². The van der Waals surface area contributed by atoms with Crippen molar-refractivity contribution in [1.29, 1.82) is 0 Å². The number of fused-ring (bicyclic) bond motifs is 1. The summed E-state index contributed by atoms with van der Waals surface area (Å²) >= 11 is 0.986. The Morgan fingerprint density at radius 2 is 2.17 bits per heavy atom. The average molecular weight is 332 g/mol. The Kier molecular flexibility index (Phi) is 4.07. The van der Waals surface area contributed by atoms with Crippen LogP contribution in [-0.2, 0) is 20.7 Å². The molecular formula is C15H12N2O5S. The maximum atomic E-state index is 12.2. The summed E-state index contributed by atoms with van der Waals surface area (Å²) in [5, 5.41) is 2.79. The minimum atomic E-state index is -0.928. The highest BCUT2D eigenvalue weighted by Crippen LogP contribution is 2.23. The first-order valence-corrected chi connectivity index (χ1v) is 7.54. The molecular weight excluding hydrogens is 320 g/mol. The molecule has 7 nitrogen and oxygen atoms in total. The van der Waals surface area contributed by atoms with Crippen LogP contribution in [0.15, 0.2) is 30.5 Å². The van der Waals surface area contributed by atoms with Gasteiger partial charge in [0.15, 0.2) is 11.2 Å². The van der Waals surface area contributed by atoms with E-state index in [0.717, 1.165) is 16.9 Å². The third kappa shape index (κ3) is 3.07. The van der Waals surface area contributed by atoms with Crippen LogP contribution in [0.4, 0.5) is 5.13 Å². The summed E-state index contributed by atoms with van der Waals surface area (Å²) in [6, 6.07) is 6.99. The van der Waals surface area contributed by atoms with Crippen LogP contribution in [0.25, 0.3) is 0 Å². The summed E-state index contributed by atoms with van der Waals surface area (Å²) in [4.78, 5) is 39.7. The minimum absolute atomic E-state index is 0.241. The molecule has 1 N–H and O–H groups in total. The van der Waals surface area contributed by atoms with Crippen LogP contribution in [0.1, 0.15) is 25.6 Å². The van der Waals surface area contributed by atoms with E-state index in [2.05, 4.69) is 15.0 Å². The number of carbonyl (C=O) groups is 3. The van der Waals surface area contributed by atoms with E-state index >= 15 is 0 Å². The van der Waals surface area contributed by atoms with Gasteiger partial charge in [-0.25, -0.2) is 14.6 Å². The molecule has 8 heteroatoms. The maximum Gasteiger partial charge on any atom is 0.349 e. The summed E-state index contributed by atoms with van der Waals surface area (Å²) in [5.74, 6) is -1.54. The van der Waals surface area contributed by atoms with E-state index in [4.69, 9.17) is 4.74 Å². The van der Waals surface area contributed by atoms with Gasteiger partial charge in [-0.15, -0.1) is 0 Å². The fraction of sp³-hybridized carbons (Fsp3) is 0.200. The summed E-state index contributed by atoms with van der Waals surface area (Å²) < 4.78 is 9.73. The van der Waals surface area contributed by atoms with Crippen molar-refractivity contribution < 1.29 is 23.9 Å². The van der Waals surface area contributed by atoms with Crippen LogP contribution in [0, 0.1) is 0 Å². The standard InChI is InChI=1S/C15H12N2O5S/c1-21-14(20)11-7-16-15(23-11)17-12(18)10-6-8-4-2-3-5-9(8)13(19)22-10/h2-5,7,10H,6H2,1H3,(H,16,17,18). The smallest absolute Gasteiger partial charge is 0.349 e. The van der Waals surface area contributed by atoms with Gasteiger partial charge in [0.1, 0.15) is 4.88 Å². The Morgan fingerprint density at radius 3 is 2.96 bits per heavy atom. The molecule has 0 bridgehead atoms. The van der Waals surface area contributed by atoms with Gasteiger partial charge in [0.05, 0.1) is 18.9 Å². The zero-order valence-corrected chi connectivity index (χ0v) is 12.9. The molecule has 1 aliphatic rings. The van der Waals surface area contributed by atoms with E-state index in [1.807, 2.05) is 0 Å². The van der Waals surface area contributed by atoms with Gasteiger partial charge in [-0.3, -0.25) is 10.1 Å². The molecule has 1 aromatic heterocycles. The number of ether oxygens (including phenoxy) is 2. The molecule has 1 atom stereocenters. The van der Waals surface area contributed by atoms with Crippen LogP contribution in [0.3, 0.4) is 0 Å². The second-order valence-electron chi connectivity index (χ2n) is 4.77. The van der Waals surface area contributed by atoms with E-state index in [9.17, 15) is 14.4 Å². The first kappa shape index (κ1) is 15.2. The first-order valence-electron chi connectivity index (χ1n) is 6.72. The maximum absolute atomic E-state index is 12.2. The zero-order chi connectivity index (χ0) is 16.4. The molecule has 0 fully saturated rings. The number of anilines is 1. The number of amides is 1. The molecule has 0 saturated heterocycles. The molecule has 0 saturated carbocycles. The molecule has 0 aliphatic carbocycles. The van der Waals surface area contributed by atoms with Crippen molar-refractivity contribution in [2.75, 3.05) is 12.4 Å². The number of cyclic esters (lactones) is 1. The van der Waals surface area contributed by atoms with Gasteiger partial charge < -0.3 is 9.47 Å². The molecule has 0 radical (unpaired) electrons. The number of carbonyl (C=O) groups excluding carboxylic acids is 3. The predicted octanol–water partition coefficient (Wildman–Crippen LogP) is 1.65. The summed E-state index contributed by atoms with van der Waals surface area (Å²) in [5.41, 5.74) is 1.23. The summed E-state index contributed by atoms with van der Waals surface area (Å²) in [6.07, 6.45) is 0.681. The number of hydrogen-bond acceptors (Lipinski definition) is 7. The number of esters is 2. The number of hydrogen-bond donors (Lipinski definition) is 1. The zero-order valence-electron chi connectivity index (χ0n) is 12.1. The van der Waals surface area contributed by atoms with Gasteiger partial charge in [-0.2, -0.15) is 0 Å². The van der Waals surface area contributed by atoms with Gasteiger partial charge in [0, 0.05) is 6.42 Å². The van der Waals surface area contributed by atoms with Crippen LogP contribution in [0.2, 0.25) is 0 Å². The first-order chi connectivity index (χ1) is 11.1. The van der Waals surface area contributed by atoms with E-state index in [1.54, 1.807) is 24.3 Å². The Balaban J connectivity index is 1.71. The van der Waals surface area contributed by atoms with E-state index < -0.39 is 23.9 Å². The topological polar surface area (TPSA) is 94.6 Å². The van der Waals surface area contributed by atoms with Crippen molar-refractivity contribution in [2.24, 2.45) is 0 Å². The lowest BCUT2D eigenvalue weighted by Crippen LogP contribution is -2.37. The number of aromatic nitrogens is 1. The molecule has 23 heavy (non-hydrogen) atoms. The predicted molar refractivity (Wildman–Crippen MR) is 81.4 cm³/mol. The average Bonchev–Trinajstić information content (AvgIpc) is 3.02. The highest BCUT2D eigenvalue weighted by Gasteiger charge is 2.31. The molecule has 1 aliphatic heterocycles. The third-order valence-electron chi connectivity index (χ3n) is 3.31. The van der Waals surface area contributed by atoms with Crippen LogP contribution in [0.5, 0.6) is 0 Å². The fourth-order valence-corrected chi connectivity index (χ4v) is 2.93. The van der Waals surface area contributed by atoms with Crippen molar-refractivity contribution in [3.05, 3.63) is 46.5 Å². The number of methoxy groups -OCH3 is 1. The number of thiazole rings is 1. The van der Waals surface area contributed by atoms with Crippen molar-refractivity contribution in [3.63, 3.8) is 0 Å². The number of nitrogens with zero attached hydrogens (tertiary/aromatic N) is 1. The van der Waals surface area contributed by atoms with Gasteiger partial charge in [0.2, 0.25) is 0 Å². The van der Waals surface area contributed by atoms with Crippen molar-refractivity contribution in [1.82, 2.24) is 4.98 Å². The Hall–Kier alpha value is -2.74. The molecule has 2 heterocycles. The fourth-order valence-electron chi connectivity index (χ4n) is 2.19. The molecule has 118 valence electrons. The molecule has 3 rings (SSSR count). The van der Waals surface area contributed by atoms with Crippen LogP contribution in [-0.4, -0.2) is 36.0 Å². The molecule has 1 aromatic carbocycles. The molecule has 1 unspecified atom stereocenters. The van der Waals surface area contributed by atoms with Crippen molar-refractivity contribution >= 4 is 34.3 Å². The van der Waals surface area contributed by atoms with E-state index in [-0.39, 0.29) is 10.0 Å². The second-order valence-corrected chi connectivity index (χ2v) is 5.80. The Morgan fingerprint density at radius 1 is 1.39 bits per heavy atom. The summed E-state index contributed by atoms with van der Waals surface area (Å²) in [6.45, 7) is 0.